The van der Waals surface area contributed by atoms with Crippen molar-refractivity contribution in [1.82, 2.24) is 4.57 Å². The van der Waals surface area contributed by atoms with E-state index < -0.39 is 0 Å². The molecule has 0 radical (unpaired) electrons. The molecular formula is C17H13ClN2. The first-order valence-corrected chi connectivity index (χ1v) is 6.81. The summed E-state index contributed by atoms with van der Waals surface area (Å²) in [7, 11) is 0. The molecule has 1 aromatic heterocycles. The lowest BCUT2D eigenvalue weighted by atomic mass is 10.1. The summed E-state index contributed by atoms with van der Waals surface area (Å²) in [5.41, 5.74) is 3.88. The van der Waals surface area contributed by atoms with Crippen LogP contribution in [0.2, 0.25) is 5.15 Å². The van der Waals surface area contributed by atoms with Crippen molar-refractivity contribution in [1.29, 1.82) is 5.26 Å². The molecular weight excluding hydrogens is 268 g/mol. The number of hydrogen-bond donors (Lipinski definition) is 0. The zero-order valence-electron chi connectivity index (χ0n) is 11.1. The fourth-order valence-electron chi connectivity index (χ4n) is 2.46. The quantitative estimate of drug-likeness (QED) is 0.678. The van der Waals surface area contributed by atoms with Crippen LogP contribution in [0.1, 0.15) is 16.7 Å². The highest BCUT2D eigenvalue weighted by Crippen LogP contribution is 2.30. The summed E-state index contributed by atoms with van der Waals surface area (Å²) in [6, 6.07) is 18.4. The van der Waals surface area contributed by atoms with E-state index in [1.54, 1.807) is 0 Å². The van der Waals surface area contributed by atoms with Crippen LogP contribution in [0, 0.1) is 18.3 Å². The van der Waals surface area contributed by atoms with E-state index in [0.717, 1.165) is 22.0 Å². The van der Waals surface area contributed by atoms with Crippen LogP contribution in [0.5, 0.6) is 0 Å². The van der Waals surface area contributed by atoms with E-state index in [4.69, 9.17) is 11.6 Å². The van der Waals surface area contributed by atoms with Crippen LogP contribution in [-0.2, 0) is 6.54 Å². The summed E-state index contributed by atoms with van der Waals surface area (Å²) in [4.78, 5) is 0. The third-order valence-corrected chi connectivity index (χ3v) is 3.84. The lowest BCUT2D eigenvalue weighted by Gasteiger charge is -2.07. The maximum absolute atomic E-state index is 9.32. The topological polar surface area (TPSA) is 28.7 Å². The lowest BCUT2D eigenvalue weighted by Crippen LogP contribution is -1.99. The number of benzene rings is 2. The van der Waals surface area contributed by atoms with E-state index in [1.807, 2.05) is 41.8 Å². The minimum absolute atomic E-state index is 0.511. The largest absolute Gasteiger partial charge is 0.326 e. The van der Waals surface area contributed by atoms with Gasteiger partial charge in [0.15, 0.2) is 0 Å². The van der Waals surface area contributed by atoms with Gasteiger partial charge in [0.1, 0.15) is 11.2 Å². The molecule has 20 heavy (non-hydrogen) atoms. The molecule has 0 aliphatic carbocycles. The molecule has 1 heterocycles. The molecule has 0 bridgehead atoms. The van der Waals surface area contributed by atoms with Crippen LogP contribution in [0.3, 0.4) is 0 Å². The van der Waals surface area contributed by atoms with Crippen LogP contribution < -0.4 is 0 Å². The molecule has 0 amide bonds. The summed E-state index contributed by atoms with van der Waals surface area (Å²) in [5, 5.41) is 10.7. The molecule has 0 saturated heterocycles. The monoisotopic (exact) mass is 280 g/mol. The summed E-state index contributed by atoms with van der Waals surface area (Å²) in [5.74, 6) is 0. The second-order valence-corrected chi connectivity index (χ2v) is 5.23. The number of fused-ring (bicyclic) bond motifs is 1. The van der Waals surface area contributed by atoms with E-state index in [9.17, 15) is 5.26 Å². The molecule has 3 aromatic rings. The Morgan fingerprint density at radius 2 is 1.90 bits per heavy atom. The Morgan fingerprint density at radius 3 is 2.60 bits per heavy atom. The highest BCUT2D eigenvalue weighted by Gasteiger charge is 2.15. The molecule has 3 rings (SSSR count). The predicted octanol–water partition coefficient (Wildman–Crippen LogP) is 4.52. The van der Waals surface area contributed by atoms with Crippen molar-refractivity contribution in [3.05, 3.63) is 70.4 Å². The highest BCUT2D eigenvalue weighted by atomic mass is 35.5. The van der Waals surface area contributed by atoms with Gasteiger partial charge in [-0.15, -0.1) is 0 Å². The van der Waals surface area contributed by atoms with Crippen molar-refractivity contribution < 1.29 is 0 Å². The summed E-state index contributed by atoms with van der Waals surface area (Å²) < 4.78 is 2.00. The Morgan fingerprint density at radius 1 is 1.15 bits per heavy atom. The van der Waals surface area contributed by atoms with E-state index >= 15 is 0 Å². The molecule has 0 fully saturated rings. The van der Waals surface area contributed by atoms with Gasteiger partial charge in [0.05, 0.1) is 11.1 Å². The fourth-order valence-corrected chi connectivity index (χ4v) is 2.75. The Hall–Kier alpha value is -2.24. The molecule has 2 aromatic carbocycles. The number of nitrogens with zero attached hydrogens (tertiary/aromatic N) is 2. The van der Waals surface area contributed by atoms with Gasteiger partial charge in [-0.05, 0) is 24.1 Å². The predicted molar refractivity (Wildman–Crippen MR) is 81.9 cm³/mol. The number of aromatic nitrogens is 1. The maximum atomic E-state index is 9.32. The maximum Gasteiger partial charge on any atom is 0.128 e. The molecule has 2 nitrogen and oxygen atoms in total. The van der Waals surface area contributed by atoms with Crippen LogP contribution >= 0.6 is 11.6 Å². The molecule has 0 saturated carbocycles. The van der Waals surface area contributed by atoms with E-state index in [2.05, 4.69) is 24.3 Å². The fraction of sp³-hybridized carbons (Fsp3) is 0.118. The lowest BCUT2D eigenvalue weighted by molar-refractivity contribution is 0.836. The molecule has 0 unspecified atom stereocenters. The SMILES string of the molecule is Cc1ccc2c(C#N)c(Cl)n(Cc3ccccc3)c2c1. The number of halogens is 1. The van der Waals surface area contributed by atoms with Crippen molar-refractivity contribution in [3.63, 3.8) is 0 Å². The first kappa shape index (κ1) is 12.8. The number of rotatable bonds is 2. The second kappa shape index (κ2) is 5.03. The summed E-state index contributed by atoms with van der Waals surface area (Å²) in [6.45, 7) is 2.71. The van der Waals surface area contributed by atoms with Crippen LogP contribution in [-0.4, -0.2) is 4.57 Å². The highest BCUT2D eigenvalue weighted by molar-refractivity contribution is 6.32. The van der Waals surface area contributed by atoms with Gasteiger partial charge in [-0.25, -0.2) is 0 Å². The Kier molecular flexibility index (Phi) is 3.22. The summed E-state index contributed by atoms with van der Waals surface area (Å²) in [6.07, 6.45) is 0. The van der Waals surface area contributed by atoms with Crippen molar-refractivity contribution in [2.24, 2.45) is 0 Å². The molecule has 3 heteroatoms. The Balaban J connectivity index is 2.22. The normalized spacial score (nSPS) is 10.7. The number of hydrogen-bond acceptors (Lipinski definition) is 1. The van der Waals surface area contributed by atoms with Gasteiger partial charge in [0, 0.05) is 11.9 Å². The smallest absolute Gasteiger partial charge is 0.128 e. The van der Waals surface area contributed by atoms with Crippen LogP contribution in [0.4, 0.5) is 0 Å². The first-order valence-electron chi connectivity index (χ1n) is 6.43. The standard InChI is InChI=1S/C17H13ClN2/c1-12-7-8-14-15(10-19)17(18)20(16(14)9-12)11-13-5-3-2-4-6-13/h2-9H,11H2,1H3. The van der Waals surface area contributed by atoms with Gasteiger partial charge < -0.3 is 4.57 Å². The zero-order chi connectivity index (χ0) is 14.1. The van der Waals surface area contributed by atoms with Gasteiger partial charge in [-0.3, -0.25) is 0 Å². The van der Waals surface area contributed by atoms with Crippen molar-refractivity contribution in [3.8, 4) is 6.07 Å². The van der Waals surface area contributed by atoms with E-state index in [-0.39, 0.29) is 0 Å². The average Bonchev–Trinajstić information content (AvgIpc) is 2.72. The van der Waals surface area contributed by atoms with Gasteiger partial charge in [0.25, 0.3) is 0 Å². The third kappa shape index (κ3) is 2.07. The minimum atomic E-state index is 0.511. The molecule has 0 aliphatic heterocycles. The van der Waals surface area contributed by atoms with Crippen molar-refractivity contribution in [2.45, 2.75) is 13.5 Å². The Labute approximate surface area is 122 Å². The van der Waals surface area contributed by atoms with Crippen molar-refractivity contribution >= 4 is 22.5 Å². The molecule has 0 aliphatic rings. The van der Waals surface area contributed by atoms with Gasteiger partial charge in [-0.1, -0.05) is 54.1 Å². The minimum Gasteiger partial charge on any atom is -0.326 e. The first-order chi connectivity index (χ1) is 9.70. The number of nitriles is 1. The van der Waals surface area contributed by atoms with Gasteiger partial charge >= 0.3 is 0 Å². The average molecular weight is 281 g/mol. The summed E-state index contributed by atoms with van der Waals surface area (Å²) >= 11 is 6.40. The van der Waals surface area contributed by atoms with Gasteiger partial charge in [-0.2, -0.15) is 5.26 Å². The van der Waals surface area contributed by atoms with Crippen molar-refractivity contribution in [2.75, 3.05) is 0 Å². The van der Waals surface area contributed by atoms with Crippen LogP contribution in [0.25, 0.3) is 10.9 Å². The molecule has 0 atom stereocenters. The van der Waals surface area contributed by atoms with E-state index in [0.29, 0.717) is 17.3 Å². The third-order valence-electron chi connectivity index (χ3n) is 3.45. The Bertz CT molecular complexity index is 810. The zero-order valence-corrected chi connectivity index (χ0v) is 11.9. The molecule has 0 spiro atoms. The van der Waals surface area contributed by atoms with Crippen LogP contribution in [0.15, 0.2) is 48.5 Å². The molecule has 0 N–H and O–H groups in total. The second-order valence-electron chi connectivity index (χ2n) is 4.87. The van der Waals surface area contributed by atoms with Gasteiger partial charge in [0.2, 0.25) is 0 Å². The molecule has 98 valence electrons. The number of aryl methyl sites for hydroxylation is 1. The van der Waals surface area contributed by atoms with E-state index in [1.165, 1.54) is 0 Å².